The quantitative estimate of drug-likeness (QED) is 0.841. The number of ether oxygens (including phenoxy) is 1. The summed E-state index contributed by atoms with van der Waals surface area (Å²) in [6, 6.07) is 9.83. The third-order valence-electron chi connectivity index (χ3n) is 3.24. The van der Waals surface area contributed by atoms with Gasteiger partial charge in [-0.15, -0.1) is 0 Å². The Morgan fingerprint density at radius 2 is 2.17 bits per heavy atom. The monoisotopic (exact) mass is 248 g/mol. The fourth-order valence-corrected chi connectivity index (χ4v) is 2.14. The molecule has 1 amide bonds. The van der Waals surface area contributed by atoms with Gasteiger partial charge in [0.25, 0.3) is 0 Å². The molecule has 3 unspecified atom stereocenters. The lowest BCUT2D eigenvalue weighted by atomic mass is 10.1. The zero-order chi connectivity index (χ0) is 13.0. The van der Waals surface area contributed by atoms with Crippen LogP contribution in [-0.4, -0.2) is 24.2 Å². The van der Waals surface area contributed by atoms with Crippen LogP contribution >= 0.6 is 0 Å². The van der Waals surface area contributed by atoms with Crippen LogP contribution in [0.4, 0.5) is 0 Å². The van der Waals surface area contributed by atoms with Crippen molar-refractivity contribution in [1.29, 1.82) is 0 Å². The first-order valence-corrected chi connectivity index (χ1v) is 6.39. The molecule has 3 N–H and O–H groups in total. The van der Waals surface area contributed by atoms with Crippen LogP contribution in [0.2, 0.25) is 0 Å². The normalized spacial score (nSPS) is 24.8. The first-order chi connectivity index (χ1) is 8.66. The Bertz CT molecular complexity index is 392. The summed E-state index contributed by atoms with van der Waals surface area (Å²) in [6.45, 7) is 2.46. The molecule has 0 aliphatic carbocycles. The smallest absolute Gasteiger partial charge is 0.249 e. The lowest BCUT2D eigenvalue weighted by Crippen LogP contribution is -2.37. The summed E-state index contributed by atoms with van der Waals surface area (Å²) in [5, 5.41) is 2.90. The van der Waals surface area contributed by atoms with E-state index in [4.69, 9.17) is 10.5 Å². The summed E-state index contributed by atoms with van der Waals surface area (Å²) < 4.78 is 5.64. The van der Waals surface area contributed by atoms with Gasteiger partial charge in [0, 0.05) is 12.6 Å². The zero-order valence-electron chi connectivity index (χ0n) is 10.6. The molecule has 4 heteroatoms. The molecule has 1 heterocycles. The third kappa shape index (κ3) is 3.31. The van der Waals surface area contributed by atoms with Crippen LogP contribution in [0.15, 0.2) is 30.3 Å². The largest absolute Gasteiger partial charge is 0.364 e. The van der Waals surface area contributed by atoms with Crippen molar-refractivity contribution in [2.75, 3.05) is 0 Å². The van der Waals surface area contributed by atoms with E-state index in [9.17, 15) is 4.79 Å². The number of hydrogen-bond acceptors (Lipinski definition) is 3. The number of benzene rings is 1. The molecule has 0 radical (unpaired) electrons. The third-order valence-corrected chi connectivity index (χ3v) is 3.24. The van der Waals surface area contributed by atoms with E-state index in [1.165, 1.54) is 0 Å². The second-order valence-electron chi connectivity index (χ2n) is 4.80. The lowest BCUT2D eigenvalue weighted by molar-refractivity contribution is -0.132. The molecule has 0 bridgehead atoms. The van der Waals surface area contributed by atoms with E-state index in [-0.39, 0.29) is 24.2 Å². The van der Waals surface area contributed by atoms with Crippen molar-refractivity contribution in [2.45, 2.75) is 44.6 Å². The van der Waals surface area contributed by atoms with Crippen molar-refractivity contribution >= 4 is 5.91 Å². The lowest BCUT2D eigenvalue weighted by Gasteiger charge is -2.16. The second-order valence-corrected chi connectivity index (χ2v) is 4.80. The van der Waals surface area contributed by atoms with Gasteiger partial charge in [-0.3, -0.25) is 4.79 Å². The van der Waals surface area contributed by atoms with Crippen LogP contribution in [0.1, 0.15) is 25.3 Å². The minimum atomic E-state index is -0.343. The van der Waals surface area contributed by atoms with Crippen molar-refractivity contribution in [3.05, 3.63) is 35.9 Å². The molecule has 1 aromatic rings. The number of nitrogens with two attached hydrogens (primary N) is 1. The highest BCUT2D eigenvalue weighted by atomic mass is 16.5. The summed E-state index contributed by atoms with van der Waals surface area (Å²) in [6.07, 6.45) is 1.29. The van der Waals surface area contributed by atoms with E-state index < -0.39 is 0 Å². The van der Waals surface area contributed by atoms with Gasteiger partial charge in [-0.25, -0.2) is 0 Å². The van der Waals surface area contributed by atoms with Crippen molar-refractivity contribution in [2.24, 2.45) is 5.73 Å². The highest BCUT2D eigenvalue weighted by Crippen LogP contribution is 2.21. The SMILES string of the molecule is CC(N)C1CCC(C(=O)NCc2ccccc2)O1. The van der Waals surface area contributed by atoms with Crippen LogP contribution < -0.4 is 11.1 Å². The Morgan fingerprint density at radius 1 is 1.44 bits per heavy atom. The predicted molar refractivity (Wildman–Crippen MR) is 69.8 cm³/mol. The van der Waals surface area contributed by atoms with E-state index in [2.05, 4.69) is 5.32 Å². The topological polar surface area (TPSA) is 64.4 Å². The van der Waals surface area contributed by atoms with E-state index in [0.29, 0.717) is 6.54 Å². The van der Waals surface area contributed by atoms with Crippen LogP contribution in [0.5, 0.6) is 0 Å². The zero-order valence-corrected chi connectivity index (χ0v) is 10.6. The molecule has 1 aliphatic heterocycles. The maximum atomic E-state index is 11.9. The summed E-state index contributed by atoms with van der Waals surface area (Å²) >= 11 is 0. The van der Waals surface area contributed by atoms with Gasteiger partial charge in [-0.2, -0.15) is 0 Å². The van der Waals surface area contributed by atoms with E-state index in [1.807, 2.05) is 37.3 Å². The summed E-state index contributed by atoms with van der Waals surface area (Å²) in [7, 11) is 0. The minimum Gasteiger partial charge on any atom is -0.364 e. The van der Waals surface area contributed by atoms with E-state index >= 15 is 0 Å². The number of hydrogen-bond donors (Lipinski definition) is 2. The number of rotatable bonds is 4. The molecule has 98 valence electrons. The average molecular weight is 248 g/mol. The fraction of sp³-hybridized carbons (Fsp3) is 0.500. The molecular weight excluding hydrogens is 228 g/mol. The number of carbonyl (C=O) groups excluding carboxylic acids is 1. The molecule has 3 atom stereocenters. The number of carbonyl (C=O) groups is 1. The maximum Gasteiger partial charge on any atom is 0.249 e. The second kappa shape index (κ2) is 5.98. The molecule has 1 saturated heterocycles. The van der Waals surface area contributed by atoms with Gasteiger partial charge in [0.05, 0.1) is 6.10 Å². The van der Waals surface area contributed by atoms with Gasteiger partial charge in [0.1, 0.15) is 6.10 Å². The first kappa shape index (κ1) is 13.1. The van der Waals surface area contributed by atoms with Gasteiger partial charge < -0.3 is 15.8 Å². The van der Waals surface area contributed by atoms with Gasteiger partial charge in [0.2, 0.25) is 5.91 Å². The first-order valence-electron chi connectivity index (χ1n) is 6.39. The molecule has 1 aliphatic rings. The van der Waals surface area contributed by atoms with Gasteiger partial charge >= 0.3 is 0 Å². The highest BCUT2D eigenvalue weighted by molar-refractivity contribution is 5.81. The molecule has 1 fully saturated rings. The van der Waals surface area contributed by atoms with Gasteiger partial charge in [-0.05, 0) is 25.3 Å². The summed E-state index contributed by atoms with van der Waals surface area (Å²) in [5.74, 6) is -0.0398. The van der Waals surface area contributed by atoms with Crippen LogP contribution in [0, 0.1) is 0 Å². The number of amides is 1. The Balaban J connectivity index is 1.79. The molecule has 18 heavy (non-hydrogen) atoms. The van der Waals surface area contributed by atoms with Crippen molar-refractivity contribution in [3.8, 4) is 0 Å². The summed E-state index contributed by atoms with van der Waals surface area (Å²) in [5.41, 5.74) is 6.86. The van der Waals surface area contributed by atoms with Crippen LogP contribution in [0.25, 0.3) is 0 Å². The van der Waals surface area contributed by atoms with Crippen molar-refractivity contribution in [1.82, 2.24) is 5.32 Å². The molecule has 0 saturated carbocycles. The van der Waals surface area contributed by atoms with Crippen molar-refractivity contribution < 1.29 is 9.53 Å². The molecule has 4 nitrogen and oxygen atoms in total. The molecule has 0 spiro atoms. The van der Waals surface area contributed by atoms with E-state index in [1.54, 1.807) is 0 Å². The average Bonchev–Trinajstić information content (AvgIpc) is 2.87. The molecule has 0 aromatic heterocycles. The van der Waals surface area contributed by atoms with E-state index in [0.717, 1.165) is 18.4 Å². The summed E-state index contributed by atoms with van der Waals surface area (Å²) in [4.78, 5) is 11.9. The van der Waals surface area contributed by atoms with Crippen LogP contribution in [-0.2, 0) is 16.1 Å². The van der Waals surface area contributed by atoms with Crippen LogP contribution in [0.3, 0.4) is 0 Å². The Morgan fingerprint density at radius 3 is 2.78 bits per heavy atom. The predicted octanol–water partition coefficient (Wildman–Crippen LogP) is 1.20. The Hall–Kier alpha value is -1.39. The Labute approximate surface area is 108 Å². The Kier molecular flexibility index (Phi) is 4.33. The molecular formula is C14H20N2O2. The van der Waals surface area contributed by atoms with Crippen molar-refractivity contribution in [3.63, 3.8) is 0 Å². The standard InChI is InChI=1S/C14H20N2O2/c1-10(15)12-7-8-13(18-12)14(17)16-9-11-5-3-2-4-6-11/h2-6,10,12-13H,7-9,15H2,1H3,(H,16,17). The minimum absolute atomic E-state index is 0.0116. The highest BCUT2D eigenvalue weighted by Gasteiger charge is 2.32. The van der Waals surface area contributed by atoms with Gasteiger partial charge in [-0.1, -0.05) is 30.3 Å². The molecule has 1 aromatic carbocycles. The van der Waals surface area contributed by atoms with Gasteiger partial charge in [0.15, 0.2) is 0 Å². The fourth-order valence-electron chi connectivity index (χ4n) is 2.14. The number of nitrogens with one attached hydrogen (secondary N) is 1. The maximum absolute atomic E-state index is 11.9. The molecule has 2 rings (SSSR count).